The molecule has 92 valence electrons. The summed E-state index contributed by atoms with van der Waals surface area (Å²) in [5.41, 5.74) is -0.493. The molecule has 0 saturated heterocycles. The van der Waals surface area contributed by atoms with Crippen LogP contribution in [0, 0.1) is 0 Å². The Morgan fingerprint density at radius 3 is 2.59 bits per heavy atom. The van der Waals surface area contributed by atoms with E-state index in [0.29, 0.717) is 30.3 Å². The van der Waals surface area contributed by atoms with E-state index in [1.54, 1.807) is 32.2 Å². The molecule has 0 amide bonds. The summed E-state index contributed by atoms with van der Waals surface area (Å²) >= 11 is 0. The number of likely N-dealkylation sites (N-methyl/N-ethyl adjacent to an activating group) is 1. The molecule has 17 heavy (non-hydrogen) atoms. The maximum atomic E-state index is 11.3. The third kappa shape index (κ3) is 1.93. The van der Waals surface area contributed by atoms with Gasteiger partial charge < -0.3 is 19.9 Å². The first-order chi connectivity index (χ1) is 8.08. The Balaban J connectivity index is 2.42. The molecule has 5 heteroatoms. The van der Waals surface area contributed by atoms with E-state index in [0.717, 1.165) is 0 Å². The van der Waals surface area contributed by atoms with Gasteiger partial charge in [0.1, 0.15) is 18.8 Å². The molecule has 1 aliphatic rings. The van der Waals surface area contributed by atoms with E-state index in [-0.39, 0.29) is 0 Å². The van der Waals surface area contributed by atoms with Crippen LogP contribution in [0.3, 0.4) is 0 Å². The molecule has 0 fully saturated rings. The molecule has 1 unspecified atom stereocenters. The van der Waals surface area contributed by atoms with Gasteiger partial charge in [0.25, 0.3) is 0 Å². The normalized spacial score (nSPS) is 17.3. The minimum Gasteiger partial charge on any atom is -0.486 e. The fourth-order valence-corrected chi connectivity index (χ4v) is 1.73. The highest BCUT2D eigenvalue weighted by atomic mass is 16.6. The smallest absolute Gasteiger partial charge is 0.328 e. The van der Waals surface area contributed by atoms with Crippen molar-refractivity contribution < 1.29 is 19.4 Å². The van der Waals surface area contributed by atoms with Crippen LogP contribution in [0.15, 0.2) is 18.2 Å². The maximum Gasteiger partial charge on any atom is 0.328 e. The van der Waals surface area contributed by atoms with E-state index in [9.17, 15) is 9.90 Å². The van der Waals surface area contributed by atoms with Gasteiger partial charge in [0.2, 0.25) is 0 Å². The highest BCUT2D eigenvalue weighted by molar-refractivity contribution is 5.80. The molecule has 1 aliphatic heterocycles. The van der Waals surface area contributed by atoms with Gasteiger partial charge in [-0.2, -0.15) is 0 Å². The summed E-state index contributed by atoms with van der Waals surface area (Å²) in [5, 5.41) is 12.1. The standard InChI is InChI=1S/C12H15NO4/c1-12(13-2,11(14)15)8-3-4-9-10(7-8)17-6-5-16-9/h3-4,7,13H,5-6H2,1-2H3,(H,14,15). The van der Waals surface area contributed by atoms with Gasteiger partial charge >= 0.3 is 5.97 Å². The molecular weight excluding hydrogens is 222 g/mol. The van der Waals surface area contributed by atoms with E-state index in [1.807, 2.05) is 0 Å². The number of hydrogen-bond acceptors (Lipinski definition) is 4. The van der Waals surface area contributed by atoms with Crippen molar-refractivity contribution in [3.8, 4) is 11.5 Å². The Kier molecular flexibility index (Phi) is 2.93. The minimum absolute atomic E-state index is 0.486. The molecule has 5 nitrogen and oxygen atoms in total. The second-order valence-corrected chi connectivity index (χ2v) is 4.04. The largest absolute Gasteiger partial charge is 0.486 e. The molecule has 0 aromatic heterocycles. The zero-order chi connectivity index (χ0) is 12.5. The van der Waals surface area contributed by atoms with Gasteiger partial charge in [0, 0.05) is 0 Å². The number of nitrogens with one attached hydrogen (secondary N) is 1. The maximum absolute atomic E-state index is 11.3. The number of carboxylic acids is 1. The van der Waals surface area contributed by atoms with Gasteiger partial charge in [-0.1, -0.05) is 6.07 Å². The topological polar surface area (TPSA) is 67.8 Å². The van der Waals surface area contributed by atoms with Gasteiger partial charge in [-0.05, 0) is 31.7 Å². The van der Waals surface area contributed by atoms with Crippen LogP contribution in [0.1, 0.15) is 12.5 Å². The summed E-state index contributed by atoms with van der Waals surface area (Å²) in [7, 11) is 1.62. The van der Waals surface area contributed by atoms with E-state index in [1.165, 1.54) is 0 Å². The van der Waals surface area contributed by atoms with E-state index in [4.69, 9.17) is 9.47 Å². The second kappa shape index (κ2) is 4.25. The molecule has 1 aromatic carbocycles. The van der Waals surface area contributed by atoms with Crippen LogP contribution in [0.2, 0.25) is 0 Å². The van der Waals surface area contributed by atoms with Crippen LogP contribution in [0.5, 0.6) is 11.5 Å². The first-order valence-corrected chi connectivity index (χ1v) is 5.40. The van der Waals surface area contributed by atoms with E-state index < -0.39 is 11.5 Å². The average molecular weight is 237 g/mol. The Morgan fingerprint density at radius 1 is 1.35 bits per heavy atom. The van der Waals surface area contributed by atoms with Crippen molar-refractivity contribution in [2.75, 3.05) is 20.3 Å². The minimum atomic E-state index is -1.13. The summed E-state index contributed by atoms with van der Waals surface area (Å²) in [6, 6.07) is 5.18. The SMILES string of the molecule is CNC(C)(C(=O)O)c1ccc2c(c1)OCCO2. The molecule has 1 heterocycles. The molecule has 0 radical (unpaired) electrons. The second-order valence-electron chi connectivity index (χ2n) is 4.04. The highest BCUT2D eigenvalue weighted by Gasteiger charge is 2.34. The fraction of sp³-hybridized carbons (Fsp3) is 0.417. The summed E-state index contributed by atoms with van der Waals surface area (Å²) in [4.78, 5) is 11.3. The van der Waals surface area contributed by atoms with Crippen molar-refractivity contribution in [2.24, 2.45) is 0 Å². The summed E-state index contributed by atoms with van der Waals surface area (Å²) in [5.74, 6) is 0.317. The lowest BCUT2D eigenvalue weighted by Gasteiger charge is -2.26. The lowest BCUT2D eigenvalue weighted by molar-refractivity contribution is -0.144. The number of rotatable bonds is 3. The lowest BCUT2D eigenvalue weighted by atomic mass is 9.92. The molecule has 0 aliphatic carbocycles. The number of ether oxygens (including phenoxy) is 2. The van der Waals surface area contributed by atoms with Crippen LogP contribution in [0.4, 0.5) is 0 Å². The van der Waals surface area contributed by atoms with Gasteiger partial charge in [-0.25, -0.2) is 4.79 Å². The van der Waals surface area contributed by atoms with Crippen molar-refractivity contribution in [3.63, 3.8) is 0 Å². The zero-order valence-corrected chi connectivity index (χ0v) is 9.82. The summed E-state index contributed by atoms with van der Waals surface area (Å²) in [6.07, 6.45) is 0. The van der Waals surface area contributed by atoms with Crippen LogP contribution in [-0.2, 0) is 10.3 Å². The van der Waals surface area contributed by atoms with Crippen LogP contribution in [-0.4, -0.2) is 31.3 Å². The van der Waals surface area contributed by atoms with Crippen LogP contribution < -0.4 is 14.8 Å². The molecule has 0 bridgehead atoms. The Labute approximate surface area is 99.3 Å². The average Bonchev–Trinajstić information content (AvgIpc) is 2.37. The third-order valence-electron chi connectivity index (χ3n) is 3.05. The predicted octanol–water partition coefficient (Wildman–Crippen LogP) is 0.977. The quantitative estimate of drug-likeness (QED) is 0.820. The summed E-state index contributed by atoms with van der Waals surface area (Å²) in [6.45, 7) is 2.62. The number of carbonyl (C=O) groups is 1. The van der Waals surface area contributed by atoms with Gasteiger partial charge in [-0.3, -0.25) is 0 Å². The molecule has 2 N–H and O–H groups in total. The monoisotopic (exact) mass is 237 g/mol. The fourth-order valence-electron chi connectivity index (χ4n) is 1.73. The van der Waals surface area contributed by atoms with Crippen molar-refractivity contribution in [2.45, 2.75) is 12.5 Å². The van der Waals surface area contributed by atoms with Gasteiger partial charge in [-0.15, -0.1) is 0 Å². The molecule has 0 saturated carbocycles. The van der Waals surface area contributed by atoms with Crippen LogP contribution >= 0.6 is 0 Å². The number of carboxylic acid groups (broad SMARTS) is 1. The molecule has 1 atom stereocenters. The molecule has 1 aromatic rings. The Morgan fingerprint density at radius 2 is 2.00 bits per heavy atom. The predicted molar refractivity (Wildman–Crippen MR) is 61.5 cm³/mol. The van der Waals surface area contributed by atoms with Gasteiger partial charge in [0.15, 0.2) is 11.5 Å². The molecule has 2 rings (SSSR count). The Bertz CT molecular complexity index is 446. The number of fused-ring (bicyclic) bond motifs is 1. The number of benzene rings is 1. The first-order valence-electron chi connectivity index (χ1n) is 5.40. The van der Waals surface area contributed by atoms with Crippen molar-refractivity contribution in [1.82, 2.24) is 5.32 Å². The zero-order valence-electron chi connectivity index (χ0n) is 9.82. The number of hydrogen-bond donors (Lipinski definition) is 2. The number of aliphatic carboxylic acids is 1. The third-order valence-corrected chi connectivity index (χ3v) is 3.05. The van der Waals surface area contributed by atoms with E-state index in [2.05, 4.69) is 5.32 Å². The molecule has 0 spiro atoms. The Hall–Kier alpha value is -1.75. The first kappa shape index (κ1) is 11.7. The summed E-state index contributed by atoms with van der Waals surface area (Å²) < 4.78 is 10.8. The van der Waals surface area contributed by atoms with Gasteiger partial charge in [0.05, 0.1) is 0 Å². The van der Waals surface area contributed by atoms with Crippen molar-refractivity contribution in [3.05, 3.63) is 23.8 Å². The lowest BCUT2D eigenvalue weighted by Crippen LogP contribution is -2.44. The van der Waals surface area contributed by atoms with Crippen molar-refractivity contribution in [1.29, 1.82) is 0 Å². The van der Waals surface area contributed by atoms with Crippen LogP contribution in [0.25, 0.3) is 0 Å². The highest BCUT2D eigenvalue weighted by Crippen LogP contribution is 2.34. The molecular formula is C12H15NO4. The van der Waals surface area contributed by atoms with Crippen molar-refractivity contribution >= 4 is 5.97 Å². The van der Waals surface area contributed by atoms with E-state index >= 15 is 0 Å².